The number of rotatable bonds is 4. The zero-order valence-electron chi connectivity index (χ0n) is 15.5. The summed E-state index contributed by atoms with van der Waals surface area (Å²) in [5.74, 6) is -0.890. The summed E-state index contributed by atoms with van der Waals surface area (Å²) in [6.07, 6.45) is 0.670. The minimum absolute atomic E-state index is 0.138. The number of fused-ring (bicyclic) bond motifs is 1. The maximum absolute atomic E-state index is 13.3. The molecule has 0 aliphatic carbocycles. The van der Waals surface area contributed by atoms with E-state index in [-0.39, 0.29) is 10.5 Å². The van der Waals surface area contributed by atoms with Gasteiger partial charge in [-0.05, 0) is 60.0 Å². The van der Waals surface area contributed by atoms with E-state index < -0.39 is 21.7 Å². The van der Waals surface area contributed by atoms with E-state index in [0.29, 0.717) is 25.2 Å². The maximum Gasteiger partial charge on any atom is 0.255 e. The highest BCUT2D eigenvalue weighted by Gasteiger charge is 2.28. The van der Waals surface area contributed by atoms with Gasteiger partial charge in [0.2, 0.25) is 10.0 Å². The van der Waals surface area contributed by atoms with E-state index in [1.165, 1.54) is 52.3 Å². The van der Waals surface area contributed by atoms with Crippen LogP contribution in [-0.4, -0.2) is 25.2 Å². The standard InChI is InChI=1S/C22H19FN2O3S/c23-19-6-3-7-20(14-19)24-22(26)17-8-10-21(11-9-17)29(27,28)25-13-12-16-4-1-2-5-18(16)15-25/h1-11,14H,12-13,15H2,(H,24,26). The first-order chi connectivity index (χ1) is 13.9. The Morgan fingerprint density at radius 3 is 2.38 bits per heavy atom. The van der Waals surface area contributed by atoms with Crippen molar-refractivity contribution in [3.8, 4) is 0 Å². The Bertz CT molecular complexity index is 1160. The van der Waals surface area contributed by atoms with Crippen LogP contribution in [0, 0.1) is 5.82 Å². The number of nitrogens with zero attached hydrogens (tertiary/aromatic N) is 1. The number of amides is 1. The Balaban J connectivity index is 1.50. The van der Waals surface area contributed by atoms with Crippen molar-refractivity contribution in [1.29, 1.82) is 0 Å². The molecule has 0 bridgehead atoms. The third kappa shape index (κ3) is 4.06. The van der Waals surface area contributed by atoms with Gasteiger partial charge in [-0.25, -0.2) is 12.8 Å². The summed E-state index contributed by atoms with van der Waals surface area (Å²) >= 11 is 0. The number of sulfonamides is 1. The molecule has 0 fully saturated rings. The van der Waals surface area contributed by atoms with Gasteiger partial charge in [0.05, 0.1) is 4.90 Å². The van der Waals surface area contributed by atoms with Crippen LogP contribution in [0.15, 0.2) is 77.7 Å². The molecule has 1 amide bonds. The molecule has 3 aromatic rings. The largest absolute Gasteiger partial charge is 0.322 e. The fraction of sp³-hybridized carbons (Fsp3) is 0.136. The normalized spacial score (nSPS) is 14.2. The quantitative estimate of drug-likeness (QED) is 0.711. The SMILES string of the molecule is O=C(Nc1cccc(F)c1)c1ccc(S(=O)(=O)N2CCc3ccccc3C2)cc1. The predicted molar refractivity (Wildman–Crippen MR) is 109 cm³/mol. The van der Waals surface area contributed by atoms with Gasteiger partial charge in [-0.1, -0.05) is 30.3 Å². The third-order valence-corrected chi connectivity index (χ3v) is 6.79. The van der Waals surface area contributed by atoms with Crippen molar-refractivity contribution in [3.63, 3.8) is 0 Å². The summed E-state index contributed by atoms with van der Waals surface area (Å²) in [4.78, 5) is 12.5. The topological polar surface area (TPSA) is 66.5 Å². The van der Waals surface area contributed by atoms with Crippen LogP contribution in [-0.2, 0) is 23.0 Å². The lowest BCUT2D eigenvalue weighted by atomic mass is 10.0. The number of carbonyl (C=O) groups is 1. The second kappa shape index (κ2) is 7.77. The van der Waals surface area contributed by atoms with Crippen molar-refractivity contribution in [1.82, 2.24) is 4.31 Å². The molecule has 0 saturated carbocycles. The van der Waals surface area contributed by atoms with E-state index >= 15 is 0 Å². The van der Waals surface area contributed by atoms with Crippen LogP contribution < -0.4 is 5.32 Å². The molecule has 0 aromatic heterocycles. The summed E-state index contributed by atoms with van der Waals surface area (Å²) in [5, 5.41) is 2.59. The highest BCUT2D eigenvalue weighted by molar-refractivity contribution is 7.89. The van der Waals surface area contributed by atoms with Crippen LogP contribution in [0.3, 0.4) is 0 Å². The molecule has 1 aliphatic rings. The molecule has 1 N–H and O–H groups in total. The molecule has 1 aliphatic heterocycles. The molecule has 0 radical (unpaired) electrons. The fourth-order valence-electron chi connectivity index (χ4n) is 3.37. The molecule has 0 atom stereocenters. The van der Waals surface area contributed by atoms with Gasteiger partial charge in [0.15, 0.2) is 0 Å². The molecule has 3 aromatic carbocycles. The Morgan fingerprint density at radius 2 is 1.66 bits per heavy atom. The molecule has 0 saturated heterocycles. The van der Waals surface area contributed by atoms with Crippen molar-refractivity contribution in [3.05, 3.63) is 95.3 Å². The summed E-state index contributed by atoms with van der Waals surface area (Å²) < 4.78 is 40.7. The van der Waals surface area contributed by atoms with Crippen LogP contribution in [0.4, 0.5) is 10.1 Å². The van der Waals surface area contributed by atoms with Gasteiger partial charge in [0.25, 0.3) is 5.91 Å². The number of hydrogen-bond donors (Lipinski definition) is 1. The van der Waals surface area contributed by atoms with Crippen LogP contribution in [0.5, 0.6) is 0 Å². The van der Waals surface area contributed by atoms with Gasteiger partial charge >= 0.3 is 0 Å². The van der Waals surface area contributed by atoms with Crippen LogP contribution in [0.1, 0.15) is 21.5 Å². The molecule has 29 heavy (non-hydrogen) atoms. The average Bonchev–Trinajstić information content (AvgIpc) is 2.73. The zero-order valence-corrected chi connectivity index (χ0v) is 16.3. The second-order valence-electron chi connectivity index (χ2n) is 6.85. The number of hydrogen-bond acceptors (Lipinski definition) is 3. The molecular weight excluding hydrogens is 391 g/mol. The number of carbonyl (C=O) groups excluding carboxylic acids is 1. The molecule has 5 nitrogen and oxygen atoms in total. The van der Waals surface area contributed by atoms with E-state index in [1.54, 1.807) is 6.07 Å². The van der Waals surface area contributed by atoms with E-state index in [9.17, 15) is 17.6 Å². The first kappa shape index (κ1) is 19.3. The van der Waals surface area contributed by atoms with Gasteiger partial charge in [0, 0.05) is 24.3 Å². The molecule has 7 heteroatoms. The number of anilines is 1. The molecular formula is C22H19FN2O3S. The Labute approximate surface area is 168 Å². The smallest absolute Gasteiger partial charge is 0.255 e. The van der Waals surface area contributed by atoms with Gasteiger partial charge in [-0.15, -0.1) is 0 Å². The van der Waals surface area contributed by atoms with Crippen LogP contribution in [0.2, 0.25) is 0 Å². The molecule has 0 spiro atoms. The third-order valence-electron chi connectivity index (χ3n) is 4.93. The molecule has 148 valence electrons. The molecule has 0 unspecified atom stereocenters. The lowest BCUT2D eigenvalue weighted by molar-refractivity contribution is 0.102. The monoisotopic (exact) mass is 410 g/mol. The summed E-state index contributed by atoms with van der Waals surface area (Å²) in [7, 11) is -3.66. The Morgan fingerprint density at radius 1 is 0.931 bits per heavy atom. The van der Waals surface area contributed by atoms with Crippen molar-refractivity contribution >= 4 is 21.6 Å². The number of halogens is 1. The minimum Gasteiger partial charge on any atom is -0.322 e. The lowest BCUT2D eigenvalue weighted by Gasteiger charge is -2.28. The highest BCUT2D eigenvalue weighted by Crippen LogP contribution is 2.25. The van der Waals surface area contributed by atoms with E-state index in [2.05, 4.69) is 5.32 Å². The van der Waals surface area contributed by atoms with Gasteiger partial charge in [0.1, 0.15) is 5.82 Å². The zero-order chi connectivity index (χ0) is 20.4. The second-order valence-corrected chi connectivity index (χ2v) is 8.78. The van der Waals surface area contributed by atoms with Crippen molar-refractivity contribution in [2.24, 2.45) is 0 Å². The van der Waals surface area contributed by atoms with E-state index in [0.717, 1.165) is 5.56 Å². The van der Waals surface area contributed by atoms with Crippen molar-refractivity contribution in [2.45, 2.75) is 17.9 Å². The van der Waals surface area contributed by atoms with Crippen LogP contribution >= 0.6 is 0 Å². The lowest BCUT2D eigenvalue weighted by Crippen LogP contribution is -2.35. The fourth-order valence-corrected chi connectivity index (χ4v) is 4.79. The Kier molecular flexibility index (Phi) is 5.17. The van der Waals surface area contributed by atoms with Crippen molar-refractivity contribution < 1.29 is 17.6 Å². The summed E-state index contributed by atoms with van der Waals surface area (Å²) in [6.45, 7) is 0.751. The first-order valence-corrected chi connectivity index (χ1v) is 10.6. The number of nitrogens with one attached hydrogen (secondary N) is 1. The highest BCUT2D eigenvalue weighted by atomic mass is 32.2. The van der Waals surface area contributed by atoms with Gasteiger partial charge < -0.3 is 5.32 Å². The first-order valence-electron chi connectivity index (χ1n) is 9.17. The predicted octanol–water partition coefficient (Wildman–Crippen LogP) is 3.83. The summed E-state index contributed by atoms with van der Waals surface area (Å²) in [5.41, 5.74) is 2.80. The van der Waals surface area contributed by atoms with Crippen molar-refractivity contribution in [2.75, 3.05) is 11.9 Å². The molecule has 4 rings (SSSR count). The van der Waals surface area contributed by atoms with Gasteiger partial charge in [-0.2, -0.15) is 4.31 Å². The summed E-state index contributed by atoms with van der Waals surface area (Å²) in [6, 6.07) is 19.2. The van der Waals surface area contributed by atoms with Gasteiger partial charge in [-0.3, -0.25) is 4.79 Å². The average molecular weight is 410 g/mol. The van der Waals surface area contributed by atoms with Crippen LogP contribution in [0.25, 0.3) is 0 Å². The number of benzene rings is 3. The van der Waals surface area contributed by atoms with E-state index in [4.69, 9.17) is 0 Å². The Hall–Kier alpha value is -3.03. The maximum atomic E-state index is 13.3. The van der Waals surface area contributed by atoms with E-state index in [1.807, 2.05) is 24.3 Å². The minimum atomic E-state index is -3.66. The molecule has 1 heterocycles.